The number of hydrogen-bond donors (Lipinski definition) is 1. The maximum Gasteiger partial charge on any atom is 0.243 e. The molecule has 1 aliphatic heterocycles. The van der Waals surface area contributed by atoms with Crippen LogP contribution < -0.4 is 5.32 Å². The lowest BCUT2D eigenvalue weighted by molar-refractivity contribution is 0.261. The van der Waals surface area contributed by atoms with Crippen LogP contribution in [0.15, 0.2) is 29.2 Å². The van der Waals surface area contributed by atoms with Gasteiger partial charge >= 0.3 is 0 Å². The van der Waals surface area contributed by atoms with Crippen LogP contribution >= 0.6 is 0 Å². The van der Waals surface area contributed by atoms with Crippen LogP contribution in [-0.4, -0.2) is 32.4 Å². The van der Waals surface area contributed by atoms with E-state index in [9.17, 15) is 8.42 Å². The first-order valence-electron chi connectivity index (χ1n) is 7.87. The molecule has 0 aliphatic carbocycles. The van der Waals surface area contributed by atoms with E-state index in [0.717, 1.165) is 37.9 Å². The van der Waals surface area contributed by atoms with E-state index < -0.39 is 10.0 Å². The van der Waals surface area contributed by atoms with Crippen LogP contribution in [0.1, 0.15) is 38.7 Å². The van der Waals surface area contributed by atoms with Crippen molar-refractivity contribution in [2.24, 2.45) is 5.92 Å². The summed E-state index contributed by atoms with van der Waals surface area (Å²) in [5.41, 5.74) is 1.11. The third-order valence-electron chi connectivity index (χ3n) is 4.20. The number of nitrogens with one attached hydrogen (secondary N) is 1. The van der Waals surface area contributed by atoms with Crippen molar-refractivity contribution in [2.75, 3.05) is 19.6 Å². The highest BCUT2D eigenvalue weighted by Crippen LogP contribution is 2.25. The Hall–Kier alpha value is -0.910. The zero-order chi connectivity index (χ0) is 15.3. The molecule has 0 bridgehead atoms. The first-order valence-corrected chi connectivity index (χ1v) is 9.31. The molecule has 1 aliphatic rings. The van der Waals surface area contributed by atoms with E-state index in [4.69, 9.17) is 0 Å². The Kier molecular flexibility index (Phi) is 5.79. The molecule has 1 aromatic rings. The van der Waals surface area contributed by atoms with Gasteiger partial charge in [-0.15, -0.1) is 0 Å². The van der Waals surface area contributed by atoms with Gasteiger partial charge in [-0.05, 0) is 43.0 Å². The molecule has 2 rings (SSSR count). The summed E-state index contributed by atoms with van der Waals surface area (Å²) in [6.07, 6.45) is 3.16. The van der Waals surface area contributed by atoms with Crippen molar-refractivity contribution in [3.8, 4) is 0 Å². The minimum Gasteiger partial charge on any atom is -0.313 e. The van der Waals surface area contributed by atoms with Gasteiger partial charge in [-0.3, -0.25) is 0 Å². The first-order chi connectivity index (χ1) is 10.1. The third kappa shape index (κ3) is 4.05. The molecule has 1 heterocycles. The van der Waals surface area contributed by atoms with Crippen molar-refractivity contribution >= 4 is 10.0 Å². The fraction of sp³-hybridized carbons (Fsp3) is 0.625. The van der Waals surface area contributed by atoms with Crippen molar-refractivity contribution in [2.45, 2.75) is 44.6 Å². The second kappa shape index (κ2) is 7.38. The predicted molar refractivity (Wildman–Crippen MR) is 85.6 cm³/mol. The summed E-state index contributed by atoms with van der Waals surface area (Å²) in [5.74, 6) is 0.501. The molecule has 1 N–H and O–H groups in total. The summed E-state index contributed by atoms with van der Waals surface area (Å²) < 4.78 is 27.0. The van der Waals surface area contributed by atoms with Gasteiger partial charge in [0.1, 0.15) is 0 Å². The summed E-state index contributed by atoms with van der Waals surface area (Å²) >= 11 is 0. The molecular weight excluding hydrogens is 284 g/mol. The molecule has 4 nitrogen and oxygen atoms in total. The van der Waals surface area contributed by atoms with E-state index in [1.807, 2.05) is 12.1 Å². The normalized spacial score (nSPS) is 20.6. The molecule has 1 saturated heterocycles. The van der Waals surface area contributed by atoms with Gasteiger partial charge in [0.15, 0.2) is 0 Å². The molecule has 0 saturated carbocycles. The van der Waals surface area contributed by atoms with Gasteiger partial charge in [0.2, 0.25) is 10.0 Å². The van der Waals surface area contributed by atoms with Gasteiger partial charge in [0.25, 0.3) is 0 Å². The van der Waals surface area contributed by atoms with Gasteiger partial charge in [-0.25, -0.2) is 8.42 Å². The van der Waals surface area contributed by atoms with Crippen LogP contribution in [0.3, 0.4) is 0 Å². The zero-order valence-electron chi connectivity index (χ0n) is 13.0. The second-order valence-corrected chi connectivity index (χ2v) is 7.64. The number of rotatable bonds is 6. The average Bonchev–Trinajstić information content (AvgIpc) is 2.53. The van der Waals surface area contributed by atoms with Crippen LogP contribution in [0.4, 0.5) is 0 Å². The summed E-state index contributed by atoms with van der Waals surface area (Å²) in [6, 6.07) is 7.27. The summed E-state index contributed by atoms with van der Waals surface area (Å²) in [5, 5.41) is 3.24. The number of hydrogen-bond acceptors (Lipinski definition) is 3. The smallest absolute Gasteiger partial charge is 0.243 e. The molecular formula is C16H26N2O2S. The van der Waals surface area contributed by atoms with Crippen molar-refractivity contribution in [1.29, 1.82) is 0 Å². The first kappa shape index (κ1) is 16.5. The number of piperidine rings is 1. The summed E-state index contributed by atoms with van der Waals surface area (Å²) in [6.45, 7) is 7.19. The van der Waals surface area contributed by atoms with Crippen LogP contribution in [0.25, 0.3) is 0 Å². The Bertz CT molecular complexity index is 540. The highest BCUT2D eigenvalue weighted by Gasteiger charge is 2.29. The van der Waals surface area contributed by atoms with Gasteiger partial charge in [0, 0.05) is 19.6 Å². The topological polar surface area (TPSA) is 49.4 Å². The Morgan fingerprint density at radius 2 is 1.95 bits per heavy atom. The Balaban J connectivity index is 2.11. The number of sulfonamides is 1. The van der Waals surface area contributed by atoms with Gasteiger partial charge < -0.3 is 5.32 Å². The maximum atomic E-state index is 12.7. The number of benzene rings is 1. The Morgan fingerprint density at radius 3 is 2.57 bits per heavy atom. The van der Waals surface area contributed by atoms with Crippen LogP contribution in [0.2, 0.25) is 0 Å². The lowest BCUT2D eigenvalue weighted by atomic mass is 9.97. The van der Waals surface area contributed by atoms with Crippen molar-refractivity contribution in [3.63, 3.8) is 0 Å². The zero-order valence-corrected chi connectivity index (χ0v) is 13.8. The third-order valence-corrected chi connectivity index (χ3v) is 6.08. The van der Waals surface area contributed by atoms with Gasteiger partial charge in [0.05, 0.1) is 4.90 Å². The predicted octanol–water partition coefficient (Wildman–Crippen LogP) is 2.61. The molecule has 5 heteroatoms. The molecule has 0 aromatic heterocycles. The quantitative estimate of drug-likeness (QED) is 0.878. The van der Waals surface area contributed by atoms with Gasteiger partial charge in [-0.1, -0.05) is 32.4 Å². The van der Waals surface area contributed by atoms with Crippen molar-refractivity contribution < 1.29 is 8.42 Å². The lowest BCUT2D eigenvalue weighted by Gasteiger charge is -2.31. The molecule has 0 amide bonds. The minimum atomic E-state index is -3.33. The molecule has 0 radical (unpaired) electrons. The molecule has 118 valence electrons. The minimum absolute atomic E-state index is 0.416. The van der Waals surface area contributed by atoms with Crippen LogP contribution in [-0.2, 0) is 16.6 Å². The average molecular weight is 310 g/mol. The van der Waals surface area contributed by atoms with Crippen molar-refractivity contribution in [1.82, 2.24) is 9.62 Å². The standard InChI is InChI=1S/C16H26N2O2S/c1-3-14-6-5-11-18(13-14)21(19,20)16-9-7-15(8-10-16)12-17-4-2/h7-10,14,17H,3-6,11-13H2,1-2H3. The molecule has 1 fully saturated rings. The van der Waals surface area contributed by atoms with E-state index in [-0.39, 0.29) is 0 Å². The van der Waals surface area contributed by atoms with Crippen LogP contribution in [0.5, 0.6) is 0 Å². The second-order valence-electron chi connectivity index (χ2n) is 5.70. The van der Waals surface area contributed by atoms with E-state index in [1.165, 1.54) is 0 Å². The van der Waals surface area contributed by atoms with E-state index in [1.54, 1.807) is 16.4 Å². The fourth-order valence-corrected chi connectivity index (χ4v) is 4.33. The largest absolute Gasteiger partial charge is 0.313 e. The fourth-order valence-electron chi connectivity index (χ4n) is 2.78. The molecule has 21 heavy (non-hydrogen) atoms. The molecule has 0 spiro atoms. The number of nitrogens with zero attached hydrogens (tertiary/aromatic N) is 1. The SMILES string of the molecule is CCNCc1ccc(S(=O)(=O)N2CCCC(CC)C2)cc1. The monoisotopic (exact) mass is 310 g/mol. The Labute approximate surface area is 128 Å². The van der Waals surface area contributed by atoms with E-state index in [2.05, 4.69) is 19.2 Å². The van der Waals surface area contributed by atoms with Crippen molar-refractivity contribution in [3.05, 3.63) is 29.8 Å². The lowest BCUT2D eigenvalue weighted by Crippen LogP contribution is -2.39. The van der Waals surface area contributed by atoms with E-state index in [0.29, 0.717) is 23.9 Å². The molecule has 1 unspecified atom stereocenters. The molecule has 1 aromatic carbocycles. The van der Waals surface area contributed by atoms with Gasteiger partial charge in [-0.2, -0.15) is 4.31 Å². The highest BCUT2D eigenvalue weighted by atomic mass is 32.2. The van der Waals surface area contributed by atoms with Crippen LogP contribution in [0, 0.1) is 5.92 Å². The Morgan fingerprint density at radius 1 is 1.24 bits per heavy atom. The summed E-state index contributed by atoms with van der Waals surface area (Å²) in [4.78, 5) is 0.416. The molecule has 1 atom stereocenters. The highest BCUT2D eigenvalue weighted by molar-refractivity contribution is 7.89. The van der Waals surface area contributed by atoms with E-state index >= 15 is 0 Å². The maximum absolute atomic E-state index is 12.7. The summed E-state index contributed by atoms with van der Waals surface area (Å²) in [7, 11) is -3.33.